The van der Waals surface area contributed by atoms with Crippen LogP contribution in [0.5, 0.6) is 0 Å². The smallest absolute Gasteiger partial charge is 0.310 e. The van der Waals surface area contributed by atoms with E-state index in [2.05, 4.69) is 19.1 Å². The van der Waals surface area contributed by atoms with Crippen LogP contribution < -0.4 is 0 Å². The van der Waals surface area contributed by atoms with Gasteiger partial charge in [0.15, 0.2) is 0 Å². The molecule has 0 fully saturated rings. The quantitative estimate of drug-likeness (QED) is 0.613. The van der Waals surface area contributed by atoms with Crippen molar-refractivity contribution in [2.45, 2.75) is 26.2 Å². The maximum absolute atomic E-state index is 12.7. The first-order valence-corrected chi connectivity index (χ1v) is 6.70. The molecule has 0 heterocycles. The second kappa shape index (κ2) is 6.50. The van der Waals surface area contributed by atoms with Crippen molar-refractivity contribution in [1.29, 1.82) is 0 Å². The largest absolute Gasteiger partial charge is 0.465 e. The van der Waals surface area contributed by atoms with Gasteiger partial charge in [-0.05, 0) is 42.4 Å². The summed E-state index contributed by atoms with van der Waals surface area (Å²) in [6, 6.07) is 5.94. The fourth-order valence-corrected chi connectivity index (χ4v) is 2.26. The lowest BCUT2D eigenvalue weighted by atomic mass is 9.85. The Morgan fingerprint density at radius 1 is 1.26 bits per heavy atom. The van der Waals surface area contributed by atoms with E-state index in [0.29, 0.717) is 18.4 Å². The summed E-state index contributed by atoms with van der Waals surface area (Å²) in [6.45, 7) is 2.66. The maximum Gasteiger partial charge on any atom is 0.310 e. The summed E-state index contributed by atoms with van der Waals surface area (Å²) < 4.78 is 18.1. The Balaban J connectivity index is 1.78. The number of hydrogen-bond acceptors (Lipinski definition) is 2. The van der Waals surface area contributed by atoms with Crippen molar-refractivity contribution in [1.82, 2.24) is 0 Å². The van der Waals surface area contributed by atoms with Gasteiger partial charge in [-0.3, -0.25) is 4.79 Å². The van der Waals surface area contributed by atoms with Gasteiger partial charge in [0.2, 0.25) is 0 Å². The van der Waals surface area contributed by atoms with Crippen molar-refractivity contribution in [3.8, 4) is 0 Å². The monoisotopic (exact) mass is 262 g/mol. The minimum atomic E-state index is -0.292. The number of ether oxygens (including phenoxy) is 1. The van der Waals surface area contributed by atoms with Crippen molar-refractivity contribution < 1.29 is 13.9 Å². The van der Waals surface area contributed by atoms with Crippen LogP contribution in [0, 0.1) is 17.7 Å². The summed E-state index contributed by atoms with van der Waals surface area (Å²) in [5, 5.41) is 0. The van der Waals surface area contributed by atoms with Crippen LogP contribution in [0.25, 0.3) is 0 Å². The first-order chi connectivity index (χ1) is 9.15. The zero-order valence-electron chi connectivity index (χ0n) is 11.1. The van der Waals surface area contributed by atoms with Crippen molar-refractivity contribution in [3.05, 3.63) is 47.8 Å². The molecule has 2 nitrogen and oxygen atoms in total. The number of esters is 1. The van der Waals surface area contributed by atoms with Crippen molar-refractivity contribution in [2.24, 2.45) is 11.8 Å². The fourth-order valence-electron chi connectivity index (χ4n) is 2.26. The first-order valence-electron chi connectivity index (χ1n) is 6.70. The molecular weight excluding hydrogens is 243 g/mol. The summed E-state index contributed by atoms with van der Waals surface area (Å²) in [5.41, 5.74) is 0.781. The Morgan fingerprint density at radius 3 is 2.63 bits per heavy atom. The molecule has 0 aliphatic heterocycles. The van der Waals surface area contributed by atoms with E-state index in [0.717, 1.165) is 18.4 Å². The van der Waals surface area contributed by atoms with E-state index in [1.54, 1.807) is 12.1 Å². The SMILES string of the molecule is CC1CC=CCC1COC(=O)Cc1ccc(F)cc1. The van der Waals surface area contributed by atoms with Gasteiger partial charge in [-0.15, -0.1) is 0 Å². The van der Waals surface area contributed by atoms with Gasteiger partial charge in [-0.25, -0.2) is 4.39 Å². The van der Waals surface area contributed by atoms with E-state index in [1.165, 1.54) is 12.1 Å². The molecule has 0 radical (unpaired) electrons. The maximum atomic E-state index is 12.7. The molecule has 1 aromatic rings. The van der Waals surface area contributed by atoms with Gasteiger partial charge in [0.1, 0.15) is 5.82 Å². The Labute approximate surface area is 113 Å². The number of rotatable bonds is 4. The molecule has 2 atom stereocenters. The molecule has 1 aromatic carbocycles. The Morgan fingerprint density at radius 2 is 1.95 bits per heavy atom. The normalized spacial score (nSPS) is 22.2. The minimum Gasteiger partial charge on any atom is -0.465 e. The predicted molar refractivity (Wildman–Crippen MR) is 72.1 cm³/mol. The minimum absolute atomic E-state index is 0.206. The van der Waals surface area contributed by atoms with E-state index >= 15 is 0 Å². The number of benzene rings is 1. The number of carbonyl (C=O) groups excluding carboxylic acids is 1. The number of halogens is 1. The molecule has 0 saturated carbocycles. The lowest BCUT2D eigenvalue weighted by Crippen LogP contribution is -2.22. The molecule has 0 spiro atoms. The molecule has 2 unspecified atom stereocenters. The molecule has 19 heavy (non-hydrogen) atoms. The van der Waals surface area contributed by atoms with Crippen LogP contribution in [0.3, 0.4) is 0 Å². The molecule has 0 bridgehead atoms. The molecule has 0 amide bonds. The zero-order chi connectivity index (χ0) is 13.7. The van der Waals surface area contributed by atoms with Gasteiger partial charge in [-0.1, -0.05) is 31.2 Å². The Bertz CT molecular complexity index is 450. The van der Waals surface area contributed by atoms with Crippen LogP contribution in [-0.4, -0.2) is 12.6 Å². The average molecular weight is 262 g/mol. The summed E-state index contributed by atoms with van der Waals surface area (Å²) >= 11 is 0. The van der Waals surface area contributed by atoms with Crippen LogP contribution in [0.15, 0.2) is 36.4 Å². The molecule has 1 aliphatic rings. The van der Waals surface area contributed by atoms with Crippen molar-refractivity contribution in [3.63, 3.8) is 0 Å². The number of allylic oxidation sites excluding steroid dienone is 2. The standard InChI is InChI=1S/C16H19FO2/c1-12-4-2-3-5-14(12)11-19-16(18)10-13-6-8-15(17)9-7-13/h2-3,6-9,12,14H,4-5,10-11H2,1H3. The van der Waals surface area contributed by atoms with Gasteiger partial charge >= 0.3 is 5.97 Å². The van der Waals surface area contributed by atoms with Crippen LogP contribution in [-0.2, 0) is 16.0 Å². The predicted octanol–water partition coefficient (Wildman–Crippen LogP) is 3.51. The fraction of sp³-hybridized carbons (Fsp3) is 0.438. The molecule has 0 N–H and O–H groups in total. The van der Waals surface area contributed by atoms with Gasteiger partial charge < -0.3 is 4.74 Å². The van der Waals surface area contributed by atoms with E-state index in [9.17, 15) is 9.18 Å². The number of carbonyl (C=O) groups is 1. The highest BCUT2D eigenvalue weighted by molar-refractivity contribution is 5.72. The van der Waals surface area contributed by atoms with E-state index in [-0.39, 0.29) is 18.2 Å². The van der Waals surface area contributed by atoms with E-state index in [1.807, 2.05) is 0 Å². The number of hydrogen-bond donors (Lipinski definition) is 0. The highest BCUT2D eigenvalue weighted by Crippen LogP contribution is 2.25. The van der Waals surface area contributed by atoms with Crippen LogP contribution in [0.2, 0.25) is 0 Å². The second-order valence-electron chi connectivity index (χ2n) is 5.17. The Hall–Kier alpha value is -1.64. The first kappa shape index (κ1) is 13.8. The van der Waals surface area contributed by atoms with Gasteiger partial charge in [0, 0.05) is 0 Å². The second-order valence-corrected chi connectivity index (χ2v) is 5.17. The summed E-state index contributed by atoms with van der Waals surface area (Å²) in [5.74, 6) is 0.444. The van der Waals surface area contributed by atoms with Crippen LogP contribution in [0.1, 0.15) is 25.3 Å². The molecule has 102 valence electrons. The third kappa shape index (κ3) is 4.19. The molecule has 1 aliphatic carbocycles. The van der Waals surface area contributed by atoms with Gasteiger partial charge in [0.05, 0.1) is 13.0 Å². The third-order valence-electron chi connectivity index (χ3n) is 3.64. The highest BCUT2D eigenvalue weighted by atomic mass is 19.1. The topological polar surface area (TPSA) is 26.3 Å². The van der Waals surface area contributed by atoms with Crippen LogP contribution >= 0.6 is 0 Å². The molecule has 0 saturated heterocycles. The van der Waals surface area contributed by atoms with Crippen molar-refractivity contribution >= 4 is 5.97 Å². The lowest BCUT2D eigenvalue weighted by molar-refractivity contribution is -0.144. The van der Waals surface area contributed by atoms with E-state index in [4.69, 9.17) is 4.74 Å². The Kier molecular flexibility index (Phi) is 4.72. The average Bonchev–Trinajstić information content (AvgIpc) is 2.40. The van der Waals surface area contributed by atoms with E-state index < -0.39 is 0 Å². The molecular formula is C16H19FO2. The molecule has 0 aromatic heterocycles. The zero-order valence-corrected chi connectivity index (χ0v) is 11.1. The summed E-state index contributed by atoms with van der Waals surface area (Å²) in [4.78, 5) is 11.7. The summed E-state index contributed by atoms with van der Waals surface area (Å²) in [6.07, 6.45) is 6.57. The summed E-state index contributed by atoms with van der Waals surface area (Å²) in [7, 11) is 0. The molecule has 2 rings (SSSR count). The third-order valence-corrected chi connectivity index (χ3v) is 3.64. The van der Waals surface area contributed by atoms with Gasteiger partial charge in [0.25, 0.3) is 0 Å². The van der Waals surface area contributed by atoms with Gasteiger partial charge in [-0.2, -0.15) is 0 Å². The highest BCUT2D eigenvalue weighted by Gasteiger charge is 2.19. The molecule has 3 heteroatoms. The lowest BCUT2D eigenvalue weighted by Gasteiger charge is -2.24. The van der Waals surface area contributed by atoms with Crippen LogP contribution in [0.4, 0.5) is 4.39 Å². The van der Waals surface area contributed by atoms with Crippen molar-refractivity contribution in [2.75, 3.05) is 6.61 Å².